The van der Waals surface area contributed by atoms with Crippen LogP contribution in [0.15, 0.2) is 51.8 Å². The number of rotatable bonds is 7. The van der Waals surface area contributed by atoms with Gasteiger partial charge >= 0.3 is 0 Å². The molecule has 2 fully saturated rings. The van der Waals surface area contributed by atoms with Crippen molar-refractivity contribution < 1.29 is 23.9 Å². The van der Waals surface area contributed by atoms with E-state index in [2.05, 4.69) is 15.9 Å². The van der Waals surface area contributed by atoms with E-state index in [4.69, 9.17) is 9.47 Å². The monoisotopic (exact) mass is 544 g/mol. The van der Waals surface area contributed by atoms with Gasteiger partial charge in [-0.15, -0.1) is 0 Å². The van der Waals surface area contributed by atoms with Gasteiger partial charge in [0.05, 0.1) is 16.5 Å². The van der Waals surface area contributed by atoms with Crippen LogP contribution in [0.2, 0.25) is 0 Å². The van der Waals surface area contributed by atoms with Crippen molar-refractivity contribution in [2.45, 2.75) is 25.9 Å². The zero-order valence-electron chi connectivity index (χ0n) is 18.8. The molecule has 2 aliphatic rings. The van der Waals surface area contributed by atoms with E-state index in [1.807, 2.05) is 30.3 Å². The van der Waals surface area contributed by atoms with Crippen LogP contribution in [-0.2, 0) is 16.2 Å². The minimum absolute atomic E-state index is 0.187. The van der Waals surface area contributed by atoms with E-state index in [0.717, 1.165) is 41.5 Å². The minimum Gasteiger partial charge on any atom is -0.493 e. The number of benzene rings is 2. The maximum absolute atomic E-state index is 12.9. The van der Waals surface area contributed by atoms with Crippen molar-refractivity contribution in [2.75, 3.05) is 26.7 Å². The van der Waals surface area contributed by atoms with Crippen LogP contribution >= 0.6 is 27.7 Å². The number of nitrogens with zero attached hydrogens (tertiary/aromatic N) is 2. The topological polar surface area (TPSA) is 76.2 Å². The van der Waals surface area contributed by atoms with Crippen LogP contribution in [0.25, 0.3) is 6.08 Å². The highest BCUT2D eigenvalue weighted by Gasteiger charge is 2.37. The fourth-order valence-corrected chi connectivity index (χ4v) is 5.27. The number of piperidine rings is 1. The second-order valence-electron chi connectivity index (χ2n) is 8.02. The van der Waals surface area contributed by atoms with Crippen LogP contribution in [-0.4, -0.2) is 53.6 Å². The standard InChI is InChI=1S/C25H25BrN2O5S/c1-32-20-13-18(12-19(26)23(20)33-16-17-8-4-2-5-9-17)14-21-24(30)28(25(31)34-21)15-22(29)27-10-6-3-7-11-27/h2,4-5,8-9,12-14H,3,6-7,10-11,15-16H2,1H3/b21-14-. The predicted molar refractivity (Wildman–Crippen MR) is 135 cm³/mol. The van der Waals surface area contributed by atoms with Crippen LogP contribution < -0.4 is 9.47 Å². The Kier molecular flexibility index (Phi) is 7.95. The van der Waals surface area contributed by atoms with Gasteiger partial charge in [-0.3, -0.25) is 19.3 Å². The van der Waals surface area contributed by atoms with Crippen molar-refractivity contribution >= 4 is 50.8 Å². The van der Waals surface area contributed by atoms with E-state index >= 15 is 0 Å². The molecule has 178 valence electrons. The van der Waals surface area contributed by atoms with Crippen molar-refractivity contribution in [3.05, 3.63) is 63.0 Å². The largest absolute Gasteiger partial charge is 0.493 e. The molecule has 2 heterocycles. The number of carbonyl (C=O) groups is 3. The number of amides is 3. The highest BCUT2D eigenvalue weighted by atomic mass is 79.9. The number of imide groups is 1. The van der Waals surface area contributed by atoms with Gasteiger partial charge in [-0.1, -0.05) is 30.3 Å². The van der Waals surface area contributed by atoms with Crippen molar-refractivity contribution in [1.29, 1.82) is 0 Å². The molecule has 2 aromatic rings. The first-order valence-corrected chi connectivity index (χ1v) is 12.6. The Morgan fingerprint density at radius 3 is 2.56 bits per heavy atom. The first-order chi connectivity index (χ1) is 16.5. The summed E-state index contributed by atoms with van der Waals surface area (Å²) in [5.41, 5.74) is 1.69. The first-order valence-electron chi connectivity index (χ1n) is 11.0. The SMILES string of the molecule is COc1cc(/C=C2\SC(=O)N(CC(=O)N3CCCCC3)C2=O)cc(Br)c1OCc1ccccc1. The molecule has 0 atom stereocenters. The van der Waals surface area contributed by atoms with Crippen LogP contribution in [0, 0.1) is 0 Å². The van der Waals surface area contributed by atoms with Crippen molar-refractivity contribution in [2.24, 2.45) is 0 Å². The molecule has 4 rings (SSSR count). The third-order valence-corrected chi connectivity index (χ3v) is 7.15. The average molecular weight is 545 g/mol. The maximum Gasteiger partial charge on any atom is 0.294 e. The summed E-state index contributed by atoms with van der Waals surface area (Å²) in [6.45, 7) is 1.51. The Bertz CT molecular complexity index is 1120. The Labute approximate surface area is 211 Å². The second-order valence-corrected chi connectivity index (χ2v) is 9.87. The van der Waals surface area contributed by atoms with E-state index < -0.39 is 11.1 Å². The molecular formula is C25H25BrN2O5S. The van der Waals surface area contributed by atoms with Crippen LogP contribution in [0.4, 0.5) is 4.79 Å². The summed E-state index contributed by atoms with van der Waals surface area (Å²) in [5, 5.41) is -0.435. The Balaban J connectivity index is 1.48. The summed E-state index contributed by atoms with van der Waals surface area (Å²) >= 11 is 4.36. The smallest absolute Gasteiger partial charge is 0.294 e. The van der Waals surface area contributed by atoms with Gasteiger partial charge < -0.3 is 14.4 Å². The van der Waals surface area contributed by atoms with Gasteiger partial charge in [-0.25, -0.2) is 0 Å². The number of likely N-dealkylation sites (tertiary alicyclic amines) is 1. The molecule has 0 aromatic heterocycles. The predicted octanol–water partition coefficient (Wildman–Crippen LogP) is 5.09. The quantitative estimate of drug-likeness (QED) is 0.452. The van der Waals surface area contributed by atoms with Gasteiger partial charge in [-0.2, -0.15) is 0 Å². The summed E-state index contributed by atoms with van der Waals surface area (Å²) < 4.78 is 12.1. The lowest BCUT2D eigenvalue weighted by Crippen LogP contribution is -2.44. The number of hydrogen-bond acceptors (Lipinski definition) is 6. The molecule has 3 amide bonds. The lowest BCUT2D eigenvalue weighted by atomic mass is 10.1. The molecule has 0 saturated carbocycles. The van der Waals surface area contributed by atoms with E-state index in [-0.39, 0.29) is 17.4 Å². The molecule has 0 spiro atoms. The Morgan fingerprint density at radius 1 is 1.12 bits per heavy atom. The molecule has 2 saturated heterocycles. The number of thioether (sulfide) groups is 1. The zero-order valence-corrected chi connectivity index (χ0v) is 21.2. The molecule has 34 heavy (non-hydrogen) atoms. The fourth-order valence-electron chi connectivity index (χ4n) is 3.86. The van der Waals surface area contributed by atoms with E-state index in [1.54, 1.807) is 30.2 Å². The lowest BCUT2D eigenvalue weighted by Gasteiger charge is -2.27. The van der Waals surface area contributed by atoms with Crippen LogP contribution in [0.1, 0.15) is 30.4 Å². The fraction of sp³-hybridized carbons (Fsp3) is 0.320. The van der Waals surface area contributed by atoms with Gasteiger partial charge in [0, 0.05) is 13.1 Å². The maximum atomic E-state index is 12.9. The number of hydrogen-bond donors (Lipinski definition) is 0. The van der Waals surface area contributed by atoms with Crippen molar-refractivity contribution in [1.82, 2.24) is 9.80 Å². The normalized spacial score (nSPS) is 17.4. The first kappa shape index (κ1) is 24.3. The summed E-state index contributed by atoms with van der Waals surface area (Å²) in [6, 6.07) is 13.3. The lowest BCUT2D eigenvalue weighted by molar-refractivity contribution is -0.136. The van der Waals surface area contributed by atoms with Gasteiger partial charge in [-0.05, 0) is 76.3 Å². The molecule has 0 N–H and O–H groups in total. The molecular weight excluding hydrogens is 520 g/mol. The molecule has 0 bridgehead atoms. The zero-order chi connectivity index (χ0) is 24.1. The molecule has 0 unspecified atom stereocenters. The van der Waals surface area contributed by atoms with E-state index in [9.17, 15) is 14.4 Å². The third kappa shape index (κ3) is 5.64. The van der Waals surface area contributed by atoms with Gasteiger partial charge in [0.15, 0.2) is 11.5 Å². The number of carbonyl (C=O) groups excluding carboxylic acids is 3. The average Bonchev–Trinajstić information content (AvgIpc) is 3.11. The third-order valence-electron chi connectivity index (χ3n) is 5.65. The Morgan fingerprint density at radius 2 is 1.85 bits per heavy atom. The Hall–Kier alpha value is -2.78. The summed E-state index contributed by atoms with van der Waals surface area (Å²) in [6.07, 6.45) is 4.64. The molecule has 7 nitrogen and oxygen atoms in total. The number of halogens is 1. The molecule has 9 heteroatoms. The van der Waals surface area contributed by atoms with Gasteiger partial charge in [0.2, 0.25) is 5.91 Å². The summed E-state index contributed by atoms with van der Waals surface area (Å²) in [4.78, 5) is 40.9. The summed E-state index contributed by atoms with van der Waals surface area (Å²) in [5.74, 6) is 0.396. The van der Waals surface area contributed by atoms with Crippen LogP contribution in [0.5, 0.6) is 11.5 Å². The number of methoxy groups -OCH3 is 1. The van der Waals surface area contributed by atoms with Crippen LogP contribution in [0.3, 0.4) is 0 Å². The molecule has 2 aromatic carbocycles. The molecule has 0 radical (unpaired) electrons. The minimum atomic E-state index is -0.458. The number of ether oxygens (including phenoxy) is 2. The molecule has 2 aliphatic heterocycles. The summed E-state index contributed by atoms with van der Waals surface area (Å²) in [7, 11) is 1.54. The second kappa shape index (κ2) is 11.1. The highest BCUT2D eigenvalue weighted by molar-refractivity contribution is 9.10. The molecule has 0 aliphatic carbocycles. The van der Waals surface area contributed by atoms with E-state index in [0.29, 0.717) is 41.2 Å². The van der Waals surface area contributed by atoms with Gasteiger partial charge in [0.1, 0.15) is 13.2 Å². The van der Waals surface area contributed by atoms with Crippen molar-refractivity contribution in [3.8, 4) is 11.5 Å². The van der Waals surface area contributed by atoms with Crippen molar-refractivity contribution in [3.63, 3.8) is 0 Å². The van der Waals surface area contributed by atoms with E-state index in [1.165, 1.54) is 0 Å². The van der Waals surface area contributed by atoms with Gasteiger partial charge in [0.25, 0.3) is 11.1 Å². The highest BCUT2D eigenvalue weighted by Crippen LogP contribution is 2.39.